The van der Waals surface area contributed by atoms with Crippen LogP contribution in [0.5, 0.6) is 0 Å². The number of benzene rings is 1. The van der Waals surface area contributed by atoms with Crippen LogP contribution in [0.4, 0.5) is 18.9 Å². The number of rotatable bonds is 3. The van der Waals surface area contributed by atoms with E-state index in [0.29, 0.717) is 11.3 Å². The minimum absolute atomic E-state index is 0.350. The van der Waals surface area contributed by atoms with Crippen molar-refractivity contribution in [3.63, 3.8) is 0 Å². The summed E-state index contributed by atoms with van der Waals surface area (Å²) >= 11 is 0. The zero-order valence-electron chi connectivity index (χ0n) is 9.66. The normalized spacial score (nSPS) is 10.8. The van der Waals surface area contributed by atoms with Crippen LogP contribution in [0.2, 0.25) is 0 Å². The van der Waals surface area contributed by atoms with Crippen molar-refractivity contribution in [1.82, 2.24) is 0 Å². The Hall–Kier alpha value is -2.03. The van der Waals surface area contributed by atoms with E-state index in [9.17, 15) is 18.0 Å². The van der Waals surface area contributed by atoms with Gasteiger partial charge >= 0.3 is 6.18 Å². The van der Waals surface area contributed by atoms with Gasteiger partial charge in [-0.1, -0.05) is 6.07 Å². The first-order valence-electron chi connectivity index (χ1n) is 5.17. The average Bonchev–Trinajstić information content (AvgIpc) is 2.34. The Bertz CT molecular complexity index is 477. The highest BCUT2D eigenvalue weighted by atomic mass is 19.4. The maximum atomic E-state index is 12.0. The maximum absolute atomic E-state index is 12.0. The van der Waals surface area contributed by atoms with E-state index in [4.69, 9.17) is 5.26 Å². The van der Waals surface area contributed by atoms with Gasteiger partial charge in [-0.3, -0.25) is 4.79 Å². The molecule has 0 unspecified atom stereocenters. The minimum atomic E-state index is -4.34. The summed E-state index contributed by atoms with van der Waals surface area (Å²) in [7, 11) is 1.38. The van der Waals surface area contributed by atoms with E-state index in [1.54, 1.807) is 18.2 Å². The number of nitrogens with zero attached hydrogens (tertiary/aromatic N) is 2. The number of amides is 1. The molecule has 1 amide bonds. The molecule has 0 aliphatic heterocycles. The highest BCUT2D eigenvalue weighted by Crippen LogP contribution is 2.23. The third-order valence-corrected chi connectivity index (χ3v) is 2.36. The van der Waals surface area contributed by atoms with Crippen molar-refractivity contribution >= 4 is 11.6 Å². The molecule has 1 rings (SSSR count). The lowest BCUT2D eigenvalue weighted by molar-refractivity contribution is -0.142. The molecule has 0 radical (unpaired) electrons. The Morgan fingerprint density at radius 1 is 1.44 bits per heavy atom. The van der Waals surface area contributed by atoms with Crippen LogP contribution in [0.25, 0.3) is 0 Å². The summed E-state index contributed by atoms with van der Waals surface area (Å²) in [5.41, 5.74) is 0.754. The molecule has 0 bridgehead atoms. The molecule has 0 fully saturated rings. The number of hydrogen-bond acceptors (Lipinski definition) is 2. The molecule has 0 heterocycles. The van der Waals surface area contributed by atoms with Gasteiger partial charge in [0.05, 0.1) is 18.1 Å². The molecule has 18 heavy (non-hydrogen) atoms. The number of hydrogen-bond donors (Lipinski definition) is 0. The summed E-state index contributed by atoms with van der Waals surface area (Å²) in [6, 6.07) is 8.04. The van der Waals surface area contributed by atoms with Crippen LogP contribution in [-0.4, -0.2) is 19.1 Å². The van der Waals surface area contributed by atoms with Crippen LogP contribution in [0.15, 0.2) is 24.3 Å². The van der Waals surface area contributed by atoms with Crippen molar-refractivity contribution in [2.45, 2.75) is 19.0 Å². The van der Waals surface area contributed by atoms with E-state index in [1.165, 1.54) is 13.1 Å². The van der Waals surface area contributed by atoms with Gasteiger partial charge in [-0.25, -0.2) is 0 Å². The SMILES string of the molecule is CN(C(=O)CCC(F)(F)F)c1cccc(C#N)c1. The second-order valence-electron chi connectivity index (χ2n) is 3.73. The van der Waals surface area contributed by atoms with Crippen molar-refractivity contribution in [3.8, 4) is 6.07 Å². The molecule has 0 aromatic heterocycles. The predicted octanol–water partition coefficient (Wildman–Crippen LogP) is 2.86. The molecule has 0 saturated carbocycles. The number of nitriles is 1. The van der Waals surface area contributed by atoms with E-state index < -0.39 is 24.9 Å². The van der Waals surface area contributed by atoms with Crippen LogP contribution >= 0.6 is 0 Å². The zero-order valence-corrected chi connectivity index (χ0v) is 9.66. The molecule has 0 aliphatic carbocycles. The van der Waals surface area contributed by atoms with Crippen LogP contribution in [0.1, 0.15) is 18.4 Å². The number of carbonyl (C=O) groups is 1. The molecule has 0 N–H and O–H groups in total. The molecule has 1 aromatic rings. The summed E-state index contributed by atoms with van der Waals surface area (Å²) in [5.74, 6) is -0.637. The van der Waals surface area contributed by atoms with Crippen molar-refractivity contribution in [2.75, 3.05) is 11.9 Å². The topological polar surface area (TPSA) is 44.1 Å². The van der Waals surface area contributed by atoms with Gasteiger partial charge in [0.15, 0.2) is 0 Å². The molecular weight excluding hydrogens is 245 g/mol. The third-order valence-electron chi connectivity index (χ3n) is 2.36. The zero-order chi connectivity index (χ0) is 13.8. The molecule has 96 valence electrons. The van der Waals surface area contributed by atoms with Gasteiger partial charge in [0, 0.05) is 19.2 Å². The largest absolute Gasteiger partial charge is 0.389 e. The van der Waals surface area contributed by atoms with Gasteiger partial charge in [-0.15, -0.1) is 0 Å². The van der Waals surface area contributed by atoms with Crippen LogP contribution < -0.4 is 4.90 Å². The fourth-order valence-electron chi connectivity index (χ4n) is 1.34. The van der Waals surface area contributed by atoms with Gasteiger partial charge in [-0.05, 0) is 18.2 Å². The van der Waals surface area contributed by atoms with E-state index in [-0.39, 0.29) is 0 Å². The van der Waals surface area contributed by atoms with E-state index in [2.05, 4.69) is 0 Å². The quantitative estimate of drug-likeness (QED) is 0.834. The Morgan fingerprint density at radius 3 is 2.67 bits per heavy atom. The number of carbonyl (C=O) groups excluding carboxylic acids is 1. The fraction of sp³-hybridized carbons (Fsp3) is 0.333. The predicted molar refractivity (Wildman–Crippen MR) is 59.9 cm³/mol. The molecule has 6 heteroatoms. The highest BCUT2D eigenvalue weighted by molar-refractivity contribution is 5.92. The Balaban J connectivity index is 2.72. The summed E-state index contributed by atoms with van der Waals surface area (Å²) in [4.78, 5) is 12.7. The van der Waals surface area contributed by atoms with E-state index >= 15 is 0 Å². The van der Waals surface area contributed by atoms with Crippen molar-refractivity contribution in [1.29, 1.82) is 5.26 Å². The molecule has 0 atom stereocenters. The monoisotopic (exact) mass is 256 g/mol. The lowest BCUT2D eigenvalue weighted by Crippen LogP contribution is -2.27. The first-order valence-corrected chi connectivity index (χ1v) is 5.17. The highest BCUT2D eigenvalue weighted by Gasteiger charge is 2.28. The summed E-state index contributed by atoms with van der Waals surface area (Å²) in [6.07, 6.45) is -6.09. The number of alkyl halides is 3. The van der Waals surface area contributed by atoms with Gasteiger partial charge < -0.3 is 4.90 Å². The van der Waals surface area contributed by atoms with Crippen molar-refractivity contribution in [3.05, 3.63) is 29.8 Å². The van der Waals surface area contributed by atoms with E-state index in [1.807, 2.05) is 6.07 Å². The van der Waals surface area contributed by atoms with E-state index in [0.717, 1.165) is 4.90 Å². The average molecular weight is 256 g/mol. The molecule has 3 nitrogen and oxygen atoms in total. The Morgan fingerprint density at radius 2 is 2.11 bits per heavy atom. The standard InChI is InChI=1S/C12H11F3N2O/c1-17(11(18)5-6-12(13,14)15)10-4-2-3-9(7-10)8-16/h2-4,7H,5-6H2,1H3. The summed E-state index contributed by atoms with van der Waals surface area (Å²) < 4.78 is 36.0. The van der Waals surface area contributed by atoms with Crippen molar-refractivity contribution < 1.29 is 18.0 Å². The molecule has 0 aliphatic rings. The smallest absolute Gasteiger partial charge is 0.315 e. The molecule has 0 spiro atoms. The Labute approximate surface area is 102 Å². The number of anilines is 1. The lowest BCUT2D eigenvalue weighted by atomic mass is 10.2. The molecule has 1 aromatic carbocycles. The van der Waals surface area contributed by atoms with Crippen LogP contribution in [0.3, 0.4) is 0 Å². The van der Waals surface area contributed by atoms with Gasteiger partial charge in [0.25, 0.3) is 0 Å². The molecule has 0 saturated heterocycles. The second-order valence-corrected chi connectivity index (χ2v) is 3.73. The van der Waals surface area contributed by atoms with Gasteiger partial charge in [-0.2, -0.15) is 18.4 Å². The summed E-state index contributed by atoms with van der Waals surface area (Å²) in [5, 5.41) is 8.69. The van der Waals surface area contributed by atoms with Crippen LogP contribution in [-0.2, 0) is 4.79 Å². The number of halogens is 3. The Kier molecular flexibility index (Phi) is 4.32. The summed E-state index contributed by atoms with van der Waals surface area (Å²) in [6.45, 7) is 0. The lowest BCUT2D eigenvalue weighted by Gasteiger charge is -2.18. The minimum Gasteiger partial charge on any atom is -0.315 e. The van der Waals surface area contributed by atoms with Crippen LogP contribution in [0, 0.1) is 11.3 Å². The maximum Gasteiger partial charge on any atom is 0.389 e. The first-order chi connectivity index (χ1) is 8.33. The van der Waals surface area contributed by atoms with Crippen molar-refractivity contribution in [2.24, 2.45) is 0 Å². The first kappa shape index (κ1) is 14.0. The molecular formula is C12H11F3N2O. The van der Waals surface area contributed by atoms with Gasteiger partial charge in [0.1, 0.15) is 0 Å². The van der Waals surface area contributed by atoms with Gasteiger partial charge in [0.2, 0.25) is 5.91 Å². The second kappa shape index (κ2) is 5.54. The third kappa shape index (κ3) is 4.09. The fourth-order valence-corrected chi connectivity index (χ4v) is 1.34.